The van der Waals surface area contributed by atoms with Gasteiger partial charge in [-0.2, -0.15) is 23.5 Å². The van der Waals surface area contributed by atoms with Gasteiger partial charge in [-0.3, -0.25) is 5.10 Å². The lowest BCUT2D eigenvalue weighted by molar-refractivity contribution is -0.153. The number of nitriles is 1. The van der Waals surface area contributed by atoms with E-state index in [-0.39, 0.29) is 17.1 Å². The Morgan fingerprint density at radius 3 is 2.57 bits per heavy atom. The van der Waals surface area contributed by atoms with E-state index < -0.39 is 12.8 Å². The molecule has 0 atom stereocenters. The summed E-state index contributed by atoms with van der Waals surface area (Å²) in [5.74, 6) is -0.486. The molecule has 3 aromatic rings. The third-order valence-electron chi connectivity index (χ3n) is 3.83. The Morgan fingerprint density at radius 2 is 1.89 bits per heavy atom. The van der Waals surface area contributed by atoms with E-state index in [4.69, 9.17) is 5.26 Å². The number of aromatic amines is 1. The number of H-pyrrole nitrogens is 1. The van der Waals surface area contributed by atoms with Gasteiger partial charge in [0.2, 0.25) is 0 Å². The third kappa shape index (κ3) is 4.79. The van der Waals surface area contributed by atoms with Crippen LogP contribution in [0.5, 0.6) is 5.75 Å². The van der Waals surface area contributed by atoms with E-state index in [0.717, 1.165) is 11.1 Å². The van der Waals surface area contributed by atoms with Gasteiger partial charge in [0, 0.05) is 23.4 Å². The smallest absolute Gasteiger partial charge is 0.422 e. The summed E-state index contributed by atoms with van der Waals surface area (Å²) in [5.41, 5.74) is 2.77. The van der Waals surface area contributed by atoms with Crippen molar-refractivity contribution in [3.63, 3.8) is 0 Å². The van der Waals surface area contributed by atoms with Crippen molar-refractivity contribution in [1.82, 2.24) is 10.2 Å². The van der Waals surface area contributed by atoms with Gasteiger partial charge in [0.05, 0.1) is 17.5 Å². The maximum absolute atomic E-state index is 13.1. The molecule has 0 fully saturated rings. The molecule has 0 aliphatic rings. The maximum atomic E-state index is 13.1. The molecule has 0 bridgehead atoms. The summed E-state index contributed by atoms with van der Waals surface area (Å²) in [7, 11) is 0. The number of rotatable bonds is 6. The maximum Gasteiger partial charge on any atom is 0.422 e. The summed E-state index contributed by atoms with van der Waals surface area (Å²) in [4.78, 5) is 0. The Bertz CT molecular complexity index is 990. The monoisotopic (exact) mass is 390 g/mol. The third-order valence-corrected chi connectivity index (χ3v) is 3.83. The zero-order valence-electron chi connectivity index (χ0n) is 14.3. The first-order chi connectivity index (χ1) is 13.4. The molecule has 0 saturated heterocycles. The molecule has 0 unspecified atom stereocenters. The highest BCUT2D eigenvalue weighted by atomic mass is 19.4. The lowest BCUT2D eigenvalue weighted by Gasteiger charge is -2.12. The summed E-state index contributed by atoms with van der Waals surface area (Å²) in [6, 6.07) is 12.0. The van der Waals surface area contributed by atoms with Gasteiger partial charge in [0.1, 0.15) is 17.6 Å². The van der Waals surface area contributed by atoms with Crippen molar-refractivity contribution >= 4 is 5.69 Å². The van der Waals surface area contributed by atoms with E-state index in [0.29, 0.717) is 17.9 Å². The molecule has 9 heteroatoms. The van der Waals surface area contributed by atoms with Crippen LogP contribution in [0, 0.1) is 17.1 Å². The SMILES string of the molecule is N#Cc1cc(NCc2cn[nH]c2-c2ccc(F)cc2)ccc1OCC(F)(F)F. The first-order valence-electron chi connectivity index (χ1n) is 8.11. The minimum Gasteiger partial charge on any atom is -0.483 e. The van der Waals surface area contributed by atoms with Gasteiger partial charge in [-0.25, -0.2) is 4.39 Å². The zero-order chi connectivity index (χ0) is 20.1. The Hall–Kier alpha value is -3.54. The van der Waals surface area contributed by atoms with Crippen LogP contribution in [0.2, 0.25) is 0 Å². The number of ether oxygens (including phenoxy) is 1. The van der Waals surface area contributed by atoms with E-state index in [1.165, 1.54) is 30.3 Å². The number of anilines is 1. The fourth-order valence-corrected chi connectivity index (χ4v) is 2.52. The van der Waals surface area contributed by atoms with Gasteiger partial charge in [-0.05, 0) is 42.5 Å². The fourth-order valence-electron chi connectivity index (χ4n) is 2.52. The fraction of sp³-hybridized carbons (Fsp3) is 0.158. The van der Waals surface area contributed by atoms with Gasteiger partial charge in [-0.15, -0.1) is 0 Å². The Morgan fingerprint density at radius 1 is 1.14 bits per heavy atom. The molecule has 2 N–H and O–H groups in total. The molecule has 0 aliphatic heterocycles. The highest BCUT2D eigenvalue weighted by Crippen LogP contribution is 2.26. The molecule has 0 saturated carbocycles. The van der Waals surface area contributed by atoms with Crippen LogP contribution >= 0.6 is 0 Å². The second-order valence-corrected chi connectivity index (χ2v) is 5.86. The number of nitrogens with zero attached hydrogens (tertiary/aromatic N) is 2. The lowest BCUT2D eigenvalue weighted by atomic mass is 10.1. The molecule has 5 nitrogen and oxygen atoms in total. The average molecular weight is 390 g/mol. The number of aromatic nitrogens is 2. The van der Waals surface area contributed by atoms with Gasteiger partial charge >= 0.3 is 6.18 Å². The summed E-state index contributed by atoms with van der Waals surface area (Å²) < 4.78 is 54.6. The van der Waals surface area contributed by atoms with Crippen molar-refractivity contribution < 1.29 is 22.3 Å². The van der Waals surface area contributed by atoms with Crippen molar-refractivity contribution in [2.45, 2.75) is 12.7 Å². The van der Waals surface area contributed by atoms with E-state index in [1.54, 1.807) is 18.3 Å². The lowest BCUT2D eigenvalue weighted by Crippen LogP contribution is -2.19. The molecule has 0 aliphatic carbocycles. The quantitative estimate of drug-likeness (QED) is 0.602. The number of halogens is 4. The highest BCUT2D eigenvalue weighted by molar-refractivity contribution is 5.63. The first kappa shape index (κ1) is 19.2. The van der Waals surface area contributed by atoms with E-state index in [9.17, 15) is 17.6 Å². The standard InChI is InChI=1S/C19H14F4N4O/c20-15-3-1-12(2-4-15)18-14(10-26-27-18)9-25-16-5-6-17(13(7-16)8-24)28-11-19(21,22)23/h1-7,10,25H,9,11H2,(H,26,27). The second kappa shape index (κ2) is 8.00. The van der Waals surface area contributed by atoms with Gasteiger partial charge in [0.25, 0.3) is 0 Å². The molecule has 0 amide bonds. The number of hydrogen-bond donors (Lipinski definition) is 2. The minimum atomic E-state index is -4.48. The van der Waals surface area contributed by atoms with Crippen LogP contribution in [0.1, 0.15) is 11.1 Å². The number of nitrogens with one attached hydrogen (secondary N) is 2. The summed E-state index contributed by atoms with van der Waals surface area (Å²) in [6.07, 6.45) is -2.88. The zero-order valence-corrected chi connectivity index (χ0v) is 14.3. The van der Waals surface area contributed by atoms with Crippen molar-refractivity contribution in [1.29, 1.82) is 5.26 Å². The average Bonchev–Trinajstić information content (AvgIpc) is 3.13. The van der Waals surface area contributed by atoms with Crippen molar-refractivity contribution in [3.8, 4) is 23.1 Å². The van der Waals surface area contributed by atoms with Crippen molar-refractivity contribution in [2.24, 2.45) is 0 Å². The van der Waals surface area contributed by atoms with Crippen LogP contribution in [0.25, 0.3) is 11.3 Å². The van der Waals surface area contributed by atoms with E-state index in [2.05, 4.69) is 20.3 Å². The number of benzene rings is 2. The summed E-state index contributed by atoms with van der Waals surface area (Å²) in [6.45, 7) is -1.14. The molecule has 28 heavy (non-hydrogen) atoms. The largest absolute Gasteiger partial charge is 0.483 e. The molecule has 144 valence electrons. The minimum absolute atomic E-state index is 0.0137. The van der Waals surface area contributed by atoms with Crippen LogP contribution in [0.3, 0.4) is 0 Å². The topological polar surface area (TPSA) is 73.7 Å². The van der Waals surface area contributed by atoms with Crippen LogP contribution in [-0.2, 0) is 6.54 Å². The van der Waals surface area contributed by atoms with Crippen LogP contribution in [0.4, 0.5) is 23.2 Å². The molecule has 1 heterocycles. The predicted octanol–water partition coefficient (Wildman–Crippen LogP) is 4.64. The number of alkyl halides is 3. The van der Waals surface area contributed by atoms with Crippen molar-refractivity contribution in [2.75, 3.05) is 11.9 Å². The molecule has 0 spiro atoms. The molecule has 1 aromatic heterocycles. The predicted molar refractivity (Wildman–Crippen MR) is 94.0 cm³/mol. The number of hydrogen-bond acceptors (Lipinski definition) is 4. The Kier molecular flexibility index (Phi) is 5.49. The summed E-state index contributed by atoms with van der Waals surface area (Å²) >= 11 is 0. The van der Waals surface area contributed by atoms with Crippen molar-refractivity contribution in [3.05, 3.63) is 65.6 Å². The highest BCUT2D eigenvalue weighted by Gasteiger charge is 2.28. The van der Waals surface area contributed by atoms with Crippen LogP contribution in [0.15, 0.2) is 48.7 Å². The summed E-state index contributed by atoms with van der Waals surface area (Å²) in [5, 5.41) is 19.1. The molecular weight excluding hydrogens is 376 g/mol. The van der Waals surface area contributed by atoms with Crippen LogP contribution < -0.4 is 10.1 Å². The molecule has 2 aromatic carbocycles. The van der Waals surface area contributed by atoms with Crippen LogP contribution in [-0.4, -0.2) is 23.0 Å². The second-order valence-electron chi connectivity index (χ2n) is 5.86. The normalized spacial score (nSPS) is 11.1. The van der Waals surface area contributed by atoms with E-state index in [1.807, 2.05) is 6.07 Å². The Balaban J connectivity index is 1.71. The first-order valence-corrected chi connectivity index (χ1v) is 8.11. The molecular formula is C19H14F4N4O. The van der Waals surface area contributed by atoms with Gasteiger partial charge < -0.3 is 10.1 Å². The Labute approximate surface area is 157 Å². The van der Waals surface area contributed by atoms with E-state index >= 15 is 0 Å². The van der Waals surface area contributed by atoms with Gasteiger partial charge in [0.15, 0.2) is 6.61 Å². The molecule has 0 radical (unpaired) electrons. The van der Waals surface area contributed by atoms with Gasteiger partial charge in [-0.1, -0.05) is 0 Å². The molecule has 3 rings (SSSR count).